The second-order valence-electron chi connectivity index (χ2n) is 5.87. The first kappa shape index (κ1) is 18.4. The number of nitrogens with one attached hydrogen (secondary N) is 1. The number of hydrogen-bond acceptors (Lipinski definition) is 4. The molecule has 2 aromatic carbocycles. The van der Waals surface area contributed by atoms with Crippen molar-refractivity contribution in [2.24, 2.45) is 0 Å². The number of amides is 1. The Bertz CT molecular complexity index is 905. The van der Waals surface area contributed by atoms with Gasteiger partial charge in [0, 0.05) is 22.8 Å². The number of rotatable bonds is 7. The predicted molar refractivity (Wildman–Crippen MR) is 102 cm³/mol. The summed E-state index contributed by atoms with van der Waals surface area (Å²) in [5.41, 5.74) is 1.75. The molecule has 0 saturated carbocycles. The summed E-state index contributed by atoms with van der Waals surface area (Å²) < 4.78 is 25.7. The molecule has 1 N–H and O–H groups in total. The fourth-order valence-electron chi connectivity index (χ4n) is 2.68. The van der Waals surface area contributed by atoms with Crippen LogP contribution in [0.5, 0.6) is 5.75 Å². The number of fused-ring (bicyclic) bond motifs is 1. The van der Waals surface area contributed by atoms with Crippen molar-refractivity contribution in [3.05, 3.63) is 64.3 Å². The van der Waals surface area contributed by atoms with Gasteiger partial charge in [0.25, 0.3) is 5.91 Å². The highest BCUT2D eigenvalue weighted by atomic mass is 32.1. The minimum Gasteiger partial charge on any atom is -0.492 e. The smallest absolute Gasteiger partial charge is 0.261 e. The van der Waals surface area contributed by atoms with Crippen molar-refractivity contribution >= 4 is 27.3 Å². The van der Waals surface area contributed by atoms with Crippen LogP contribution in [0.4, 0.5) is 4.39 Å². The highest BCUT2D eigenvalue weighted by molar-refractivity contribution is 7.21. The van der Waals surface area contributed by atoms with Gasteiger partial charge in [-0.2, -0.15) is 0 Å². The number of carbonyl (C=O) groups is 1. The lowest BCUT2D eigenvalue weighted by atomic mass is 10.1. The standard InChI is InChI=1S/C20H20FNO3S/c1-13-6-8-14(9-7-13)25-11-10-22-20(23)19-15(12-24-2)18-16(21)4-3-5-17(18)26-19/h3-9H,10-12H2,1-2H3,(H,22,23). The van der Waals surface area contributed by atoms with Crippen molar-refractivity contribution in [2.45, 2.75) is 13.5 Å². The molecule has 0 radical (unpaired) electrons. The van der Waals surface area contributed by atoms with Crippen LogP contribution in [0.15, 0.2) is 42.5 Å². The Morgan fingerprint density at radius 1 is 1.19 bits per heavy atom. The third-order valence-electron chi connectivity index (χ3n) is 3.94. The highest BCUT2D eigenvalue weighted by Gasteiger charge is 2.20. The minimum absolute atomic E-state index is 0.184. The van der Waals surface area contributed by atoms with Crippen LogP contribution in [0.3, 0.4) is 0 Å². The number of halogens is 1. The average molecular weight is 373 g/mol. The summed E-state index contributed by atoms with van der Waals surface area (Å²) in [6, 6.07) is 12.6. The highest BCUT2D eigenvalue weighted by Crippen LogP contribution is 2.33. The molecule has 0 spiro atoms. The molecule has 1 aromatic heterocycles. The molecule has 0 aliphatic carbocycles. The van der Waals surface area contributed by atoms with Crippen LogP contribution >= 0.6 is 11.3 Å². The Kier molecular flexibility index (Phi) is 5.85. The lowest BCUT2D eigenvalue weighted by Gasteiger charge is -2.08. The van der Waals surface area contributed by atoms with Gasteiger partial charge in [-0.3, -0.25) is 4.79 Å². The van der Waals surface area contributed by atoms with Gasteiger partial charge in [0.2, 0.25) is 0 Å². The summed E-state index contributed by atoms with van der Waals surface area (Å²) in [6.45, 7) is 2.91. The molecule has 1 amide bonds. The first-order valence-electron chi connectivity index (χ1n) is 8.26. The zero-order valence-electron chi connectivity index (χ0n) is 14.7. The average Bonchev–Trinajstić information content (AvgIpc) is 3.00. The quantitative estimate of drug-likeness (QED) is 0.628. The number of ether oxygens (including phenoxy) is 2. The van der Waals surface area contributed by atoms with Crippen molar-refractivity contribution in [2.75, 3.05) is 20.3 Å². The molecule has 1 heterocycles. The molecule has 3 rings (SSSR count). The largest absolute Gasteiger partial charge is 0.492 e. The zero-order valence-corrected chi connectivity index (χ0v) is 15.5. The van der Waals surface area contributed by atoms with Crippen molar-refractivity contribution in [3.8, 4) is 5.75 Å². The Morgan fingerprint density at radius 2 is 1.96 bits per heavy atom. The van der Waals surface area contributed by atoms with Crippen LogP contribution in [0.2, 0.25) is 0 Å². The van der Waals surface area contributed by atoms with Gasteiger partial charge in [-0.15, -0.1) is 11.3 Å². The summed E-state index contributed by atoms with van der Waals surface area (Å²) in [4.78, 5) is 13.0. The summed E-state index contributed by atoms with van der Waals surface area (Å²) >= 11 is 1.27. The van der Waals surface area contributed by atoms with E-state index in [1.165, 1.54) is 24.5 Å². The fourth-order valence-corrected chi connectivity index (χ4v) is 3.82. The van der Waals surface area contributed by atoms with E-state index in [-0.39, 0.29) is 18.3 Å². The lowest BCUT2D eigenvalue weighted by Crippen LogP contribution is -2.28. The zero-order chi connectivity index (χ0) is 18.5. The molecule has 0 fully saturated rings. The van der Waals surface area contributed by atoms with E-state index in [1.807, 2.05) is 31.2 Å². The van der Waals surface area contributed by atoms with Crippen LogP contribution in [-0.4, -0.2) is 26.2 Å². The third-order valence-corrected chi connectivity index (χ3v) is 5.13. The molecule has 0 bridgehead atoms. The van der Waals surface area contributed by atoms with E-state index in [4.69, 9.17) is 9.47 Å². The monoisotopic (exact) mass is 373 g/mol. The molecular weight excluding hydrogens is 353 g/mol. The van der Waals surface area contributed by atoms with Crippen molar-refractivity contribution in [3.63, 3.8) is 0 Å². The number of hydrogen-bond donors (Lipinski definition) is 1. The van der Waals surface area contributed by atoms with E-state index >= 15 is 0 Å². The summed E-state index contributed by atoms with van der Waals surface area (Å²) in [6.07, 6.45) is 0. The molecular formula is C20H20FNO3S. The van der Waals surface area contributed by atoms with E-state index in [0.29, 0.717) is 29.0 Å². The Hall–Kier alpha value is -2.44. The number of benzene rings is 2. The molecule has 0 atom stereocenters. The predicted octanol–water partition coefficient (Wildman–Crippen LogP) is 4.30. The number of methoxy groups -OCH3 is 1. The molecule has 136 valence electrons. The topological polar surface area (TPSA) is 47.6 Å². The summed E-state index contributed by atoms with van der Waals surface area (Å²) in [5, 5.41) is 3.29. The molecule has 26 heavy (non-hydrogen) atoms. The van der Waals surface area contributed by atoms with E-state index < -0.39 is 0 Å². The first-order chi connectivity index (χ1) is 12.6. The van der Waals surface area contributed by atoms with E-state index in [1.54, 1.807) is 12.1 Å². The van der Waals surface area contributed by atoms with E-state index in [2.05, 4.69) is 5.32 Å². The molecule has 0 saturated heterocycles. The molecule has 0 aliphatic heterocycles. The van der Waals surface area contributed by atoms with Crippen LogP contribution < -0.4 is 10.1 Å². The van der Waals surface area contributed by atoms with Crippen LogP contribution in [0.25, 0.3) is 10.1 Å². The van der Waals surface area contributed by atoms with Crippen molar-refractivity contribution < 1.29 is 18.7 Å². The van der Waals surface area contributed by atoms with Gasteiger partial charge in [0.1, 0.15) is 18.2 Å². The number of carbonyl (C=O) groups excluding carboxylic acids is 1. The molecule has 6 heteroatoms. The SMILES string of the molecule is COCc1c(C(=O)NCCOc2ccc(C)cc2)sc2cccc(F)c12. The molecule has 0 unspecified atom stereocenters. The lowest BCUT2D eigenvalue weighted by molar-refractivity contribution is 0.0947. The van der Waals surface area contributed by atoms with Crippen molar-refractivity contribution in [1.29, 1.82) is 0 Å². The minimum atomic E-state index is -0.340. The van der Waals surface area contributed by atoms with Crippen LogP contribution in [0.1, 0.15) is 20.8 Å². The Labute approximate surface area is 155 Å². The van der Waals surface area contributed by atoms with Gasteiger partial charge >= 0.3 is 0 Å². The maximum absolute atomic E-state index is 14.2. The second-order valence-corrected chi connectivity index (χ2v) is 6.93. The first-order valence-corrected chi connectivity index (χ1v) is 9.08. The number of thiophene rings is 1. The maximum Gasteiger partial charge on any atom is 0.261 e. The van der Waals surface area contributed by atoms with Crippen molar-refractivity contribution in [1.82, 2.24) is 5.32 Å². The van der Waals surface area contributed by atoms with Gasteiger partial charge < -0.3 is 14.8 Å². The normalized spacial score (nSPS) is 10.9. The van der Waals surface area contributed by atoms with Gasteiger partial charge in [0.15, 0.2) is 0 Å². The van der Waals surface area contributed by atoms with Gasteiger partial charge in [0.05, 0.1) is 18.0 Å². The van der Waals surface area contributed by atoms with Gasteiger partial charge in [-0.25, -0.2) is 4.39 Å². The van der Waals surface area contributed by atoms with Gasteiger partial charge in [-0.05, 0) is 31.2 Å². The van der Waals surface area contributed by atoms with Crippen LogP contribution in [-0.2, 0) is 11.3 Å². The second kappa shape index (κ2) is 8.29. The Morgan fingerprint density at radius 3 is 2.69 bits per heavy atom. The molecule has 0 aliphatic rings. The maximum atomic E-state index is 14.2. The molecule has 4 nitrogen and oxygen atoms in total. The summed E-state index contributed by atoms with van der Waals surface area (Å²) in [5.74, 6) is 0.173. The van der Waals surface area contributed by atoms with E-state index in [9.17, 15) is 9.18 Å². The molecule has 3 aromatic rings. The number of aryl methyl sites for hydroxylation is 1. The van der Waals surface area contributed by atoms with E-state index in [0.717, 1.165) is 16.0 Å². The fraction of sp³-hybridized carbons (Fsp3) is 0.250. The summed E-state index contributed by atoms with van der Waals surface area (Å²) in [7, 11) is 1.53. The van der Waals surface area contributed by atoms with Gasteiger partial charge in [-0.1, -0.05) is 23.8 Å². The third kappa shape index (κ3) is 4.03. The Balaban J connectivity index is 1.66. The van der Waals surface area contributed by atoms with Crippen LogP contribution in [0, 0.1) is 12.7 Å².